The second-order valence-corrected chi connectivity index (χ2v) is 7.97. The Balaban J connectivity index is 1.22. The van der Waals surface area contributed by atoms with Crippen LogP contribution in [0.25, 0.3) is 22.4 Å². The van der Waals surface area contributed by atoms with Gasteiger partial charge in [-0.3, -0.25) is 9.89 Å². The predicted octanol–water partition coefficient (Wildman–Crippen LogP) is 2.91. The summed E-state index contributed by atoms with van der Waals surface area (Å²) in [6.07, 6.45) is 2.04. The third-order valence-corrected chi connectivity index (χ3v) is 5.56. The number of nitrogens with zero attached hydrogens (tertiary/aromatic N) is 6. The van der Waals surface area contributed by atoms with Crippen LogP contribution < -0.4 is 10.6 Å². The Morgan fingerprint density at radius 1 is 1.06 bits per heavy atom. The molecule has 4 N–H and O–H groups in total. The lowest BCUT2D eigenvalue weighted by molar-refractivity contribution is 0.0947. The number of carbonyl (C=O) groups is 1. The standard InChI is InChI=1S/C22H18ClFN10O/c23-15-9-13(3-6-16(15)24)10-26-22(35)19-17-18(27-11-28-19)21(30-29-17)25-8-7-12-1-4-14(5-2-12)20-31-33-34-32-20/h1-6,9,11H,7-8,10H2,(H,26,35)(H2,25,29,30)(H,31,32,33,34). The number of rotatable bonds is 8. The number of aromatic nitrogens is 8. The van der Waals surface area contributed by atoms with Gasteiger partial charge in [0.1, 0.15) is 23.2 Å². The topological polar surface area (TPSA) is 150 Å². The van der Waals surface area contributed by atoms with Gasteiger partial charge in [0.05, 0.1) is 5.02 Å². The number of anilines is 1. The van der Waals surface area contributed by atoms with E-state index in [2.05, 4.69) is 51.4 Å². The Morgan fingerprint density at radius 3 is 2.66 bits per heavy atom. The molecule has 0 bridgehead atoms. The van der Waals surface area contributed by atoms with Gasteiger partial charge < -0.3 is 10.6 Å². The van der Waals surface area contributed by atoms with Crippen LogP contribution in [0.2, 0.25) is 5.02 Å². The van der Waals surface area contributed by atoms with Gasteiger partial charge >= 0.3 is 0 Å². The molecule has 0 aliphatic carbocycles. The summed E-state index contributed by atoms with van der Waals surface area (Å²) in [7, 11) is 0. The molecule has 0 saturated heterocycles. The molecule has 2 aromatic carbocycles. The summed E-state index contributed by atoms with van der Waals surface area (Å²) in [6.45, 7) is 0.757. The van der Waals surface area contributed by atoms with Crippen molar-refractivity contribution in [2.75, 3.05) is 11.9 Å². The van der Waals surface area contributed by atoms with Gasteiger partial charge in [-0.1, -0.05) is 41.9 Å². The average molecular weight is 493 g/mol. The molecule has 5 aromatic rings. The summed E-state index contributed by atoms with van der Waals surface area (Å²) in [6, 6.07) is 12.1. The van der Waals surface area contributed by atoms with Crippen molar-refractivity contribution in [3.8, 4) is 11.4 Å². The fourth-order valence-electron chi connectivity index (χ4n) is 3.48. The van der Waals surface area contributed by atoms with Gasteiger partial charge in [-0.25, -0.2) is 14.4 Å². The van der Waals surface area contributed by atoms with Crippen molar-refractivity contribution >= 4 is 34.4 Å². The highest BCUT2D eigenvalue weighted by Gasteiger charge is 2.17. The summed E-state index contributed by atoms with van der Waals surface area (Å²) < 4.78 is 13.3. The Bertz CT molecular complexity index is 1470. The van der Waals surface area contributed by atoms with Gasteiger partial charge in [0.2, 0.25) is 5.82 Å². The third-order valence-electron chi connectivity index (χ3n) is 5.27. The Kier molecular flexibility index (Phi) is 6.26. The molecule has 0 spiro atoms. The summed E-state index contributed by atoms with van der Waals surface area (Å²) in [5, 5.41) is 27.0. The Labute approximate surface area is 202 Å². The second kappa shape index (κ2) is 9.81. The molecular formula is C22H18ClFN10O. The van der Waals surface area contributed by atoms with E-state index in [1.54, 1.807) is 6.07 Å². The lowest BCUT2D eigenvalue weighted by atomic mass is 10.1. The normalized spacial score (nSPS) is 11.0. The fourth-order valence-corrected chi connectivity index (χ4v) is 3.68. The van der Waals surface area contributed by atoms with Gasteiger partial charge in [0, 0.05) is 18.7 Å². The molecule has 35 heavy (non-hydrogen) atoms. The third kappa shape index (κ3) is 4.92. The predicted molar refractivity (Wildman–Crippen MR) is 126 cm³/mol. The van der Waals surface area contributed by atoms with Crippen molar-refractivity contribution in [2.24, 2.45) is 0 Å². The summed E-state index contributed by atoms with van der Waals surface area (Å²) in [4.78, 5) is 21.1. The van der Waals surface area contributed by atoms with Gasteiger partial charge in [-0.15, -0.1) is 10.2 Å². The minimum atomic E-state index is -0.516. The first kappa shape index (κ1) is 22.3. The number of hydrogen-bond donors (Lipinski definition) is 4. The number of hydrogen-bond acceptors (Lipinski definition) is 8. The van der Waals surface area contributed by atoms with Crippen LogP contribution in [0.1, 0.15) is 21.6 Å². The van der Waals surface area contributed by atoms with E-state index in [4.69, 9.17) is 11.6 Å². The molecule has 0 unspecified atom stereocenters. The first-order valence-corrected chi connectivity index (χ1v) is 10.9. The first-order valence-electron chi connectivity index (χ1n) is 10.6. The van der Waals surface area contributed by atoms with Crippen LogP contribution in [0.3, 0.4) is 0 Å². The zero-order chi connectivity index (χ0) is 24.2. The number of H-pyrrole nitrogens is 2. The van der Waals surface area contributed by atoms with Crippen molar-refractivity contribution in [2.45, 2.75) is 13.0 Å². The van der Waals surface area contributed by atoms with E-state index in [0.717, 1.165) is 17.5 Å². The van der Waals surface area contributed by atoms with E-state index >= 15 is 0 Å². The van der Waals surface area contributed by atoms with Crippen molar-refractivity contribution < 1.29 is 9.18 Å². The number of carbonyl (C=O) groups excluding carboxylic acids is 1. The maximum Gasteiger partial charge on any atom is 0.272 e. The number of tetrazole rings is 1. The van der Waals surface area contributed by atoms with E-state index in [9.17, 15) is 9.18 Å². The summed E-state index contributed by atoms with van der Waals surface area (Å²) in [5.41, 5.74) is 3.71. The highest BCUT2D eigenvalue weighted by Crippen LogP contribution is 2.21. The number of fused-ring (bicyclic) bond motifs is 1. The van der Waals surface area contributed by atoms with E-state index in [1.807, 2.05) is 24.3 Å². The lowest BCUT2D eigenvalue weighted by Gasteiger charge is -2.07. The van der Waals surface area contributed by atoms with Crippen molar-refractivity contribution in [3.05, 3.63) is 76.5 Å². The van der Waals surface area contributed by atoms with Gasteiger partial charge in [-0.2, -0.15) is 10.3 Å². The van der Waals surface area contributed by atoms with Crippen molar-refractivity contribution in [1.29, 1.82) is 0 Å². The van der Waals surface area contributed by atoms with Crippen LogP contribution >= 0.6 is 11.6 Å². The van der Waals surface area contributed by atoms with Crippen LogP contribution in [-0.2, 0) is 13.0 Å². The molecule has 0 fully saturated rings. The molecule has 0 aliphatic heterocycles. The van der Waals surface area contributed by atoms with Crippen LogP contribution in [0.5, 0.6) is 0 Å². The molecular weight excluding hydrogens is 475 g/mol. The van der Waals surface area contributed by atoms with Crippen LogP contribution in [0, 0.1) is 5.82 Å². The van der Waals surface area contributed by atoms with E-state index in [0.29, 0.717) is 34.8 Å². The maximum absolute atomic E-state index is 13.3. The molecule has 3 aromatic heterocycles. The number of aromatic amines is 2. The van der Waals surface area contributed by atoms with Crippen molar-refractivity contribution in [1.82, 2.24) is 46.1 Å². The Morgan fingerprint density at radius 2 is 1.89 bits per heavy atom. The van der Waals surface area contributed by atoms with Crippen LogP contribution in [0.15, 0.2) is 48.8 Å². The second-order valence-electron chi connectivity index (χ2n) is 7.56. The zero-order valence-electron chi connectivity index (χ0n) is 18.1. The molecule has 176 valence electrons. The molecule has 11 nitrogen and oxygen atoms in total. The molecule has 5 rings (SSSR count). The van der Waals surface area contributed by atoms with Crippen LogP contribution in [-0.4, -0.2) is 53.2 Å². The number of halogens is 2. The minimum absolute atomic E-state index is 0.00613. The monoisotopic (exact) mass is 492 g/mol. The number of amides is 1. The summed E-state index contributed by atoms with van der Waals surface area (Å²) >= 11 is 5.80. The SMILES string of the molecule is O=C(NCc1ccc(F)c(Cl)c1)c1ncnc2c(NCCc3ccc(-c4nn[nH]n4)cc3)n[nH]c12. The fraction of sp³-hybridized carbons (Fsp3) is 0.136. The number of benzene rings is 2. The summed E-state index contributed by atoms with van der Waals surface area (Å²) in [5.74, 6) is 0.121. The molecule has 0 radical (unpaired) electrons. The highest BCUT2D eigenvalue weighted by molar-refractivity contribution is 6.30. The van der Waals surface area contributed by atoms with Crippen LogP contribution in [0.4, 0.5) is 10.2 Å². The smallest absolute Gasteiger partial charge is 0.272 e. The molecule has 13 heteroatoms. The van der Waals surface area contributed by atoms with Gasteiger partial charge in [0.15, 0.2) is 11.5 Å². The number of nitrogens with one attached hydrogen (secondary N) is 4. The first-order chi connectivity index (χ1) is 17.1. The highest BCUT2D eigenvalue weighted by atomic mass is 35.5. The lowest BCUT2D eigenvalue weighted by Crippen LogP contribution is -2.24. The van der Waals surface area contributed by atoms with E-state index < -0.39 is 11.7 Å². The van der Waals surface area contributed by atoms with Gasteiger partial charge in [-0.05, 0) is 34.9 Å². The maximum atomic E-state index is 13.3. The Hall–Kier alpha value is -4.45. The molecule has 1 amide bonds. The largest absolute Gasteiger partial charge is 0.366 e. The molecule has 0 atom stereocenters. The zero-order valence-corrected chi connectivity index (χ0v) is 18.8. The molecule has 3 heterocycles. The molecule has 0 saturated carbocycles. The minimum Gasteiger partial charge on any atom is -0.366 e. The van der Waals surface area contributed by atoms with E-state index in [-0.39, 0.29) is 17.3 Å². The van der Waals surface area contributed by atoms with E-state index in [1.165, 1.54) is 18.5 Å². The van der Waals surface area contributed by atoms with Gasteiger partial charge in [0.25, 0.3) is 5.91 Å². The molecule has 0 aliphatic rings. The average Bonchev–Trinajstić information content (AvgIpc) is 3.56. The van der Waals surface area contributed by atoms with Crippen molar-refractivity contribution in [3.63, 3.8) is 0 Å². The quantitative estimate of drug-likeness (QED) is 0.258.